The Bertz CT molecular complexity index is 1020. The molecule has 1 aliphatic heterocycles. The monoisotopic (exact) mass is 480 g/mol. The zero-order chi connectivity index (χ0) is 22.4. The van der Waals surface area contributed by atoms with Crippen LogP contribution in [0, 0.1) is 0 Å². The molecule has 2 aromatic rings. The molecule has 0 radical (unpaired) electrons. The first-order valence-corrected chi connectivity index (χ1v) is 12.4. The SMILES string of the molecule is COc1ccc(N2CCN(C(=S)SCC(=O)Nc3ccc(S(N)(=O)=O)cc3)CC2)cc1. The largest absolute Gasteiger partial charge is 0.497 e. The maximum Gasteiger partial charge on any atom is 0.238 e. The van der Waals surface area contributed by atoms with Gasteiger partial charge in [0.1, 0.15) is 10.1 Å². The Morgan fingerprint density at radius 2 is 1.71 bits per heavy atom. The average molecular weight is 481 g/mol. The van der Waals surface area contributed by atoms with Crippen molar-refractivity contribution in [2.24, 2.45) is 5.14 Å². The first-order chi connectivity index (χ1) is 14.8. The van der Waals surface area contributed by atoms with E-state index in [9.17, 15) is 13.2 Å². The Hall–Kier alpha value is -2.34. The van der Waals surface area contributed by atoms with E-state index in [1.54, 1.807) is 7.11 Å². The Morgan fingerprint density at radius 3 is 2.26 bits per heavy atom. The van der Waals surface area contributed by atoms with Gasteiger partial charge >= 0.3 is 0 Å². The number of anilines is 2. The number of carbonyl (C=O) groups is 1. The number of thiocarbonyl (C=S) groups is 1. The fourth-order valence-corrected chi connectivity index (χ4v) is 4.65. The summed E-state index contributed by atoms with van der Waals surface area (Å²) in [6.07, 6.45) is 0. The number of ether oxygens (including phenoxy) is 1. The molecule has 0 aliphatic carbocycles. The van der Waals surface area contributed by atoms with Crippen LogP contribution < -0.4 is 20.1 Å². The van der Waals surface area contributed by atoms with E-state index in [1.165, 1.54) is 36.0 Å². The topological polar surface area (TPSA) is 105 Å². The molecule has 11 heteroatoms. The van der Waals surface area contributed by atoms with Gasteiger partial charge in [0.2, 0.25) is 15.9 Å². The second-order valence-electron chi connectivity index (χ2n) is 6.84. The summed E-state index contributed by atoms with van der Waals surface area (Å²) in [5, 5.41) is 7.79. The van der Waals surface area contributed by atoms with Gasteiger partial charge in [-0.2, -0.15) is 0 Å². The molecule has 0 spiro atoms. The third-order valence-electron chi connectivity index (χ3n) is 4.77. The fourth-order valence-electron chi connectivity index (χ4n) is 3.08. The number of carbonyl (C=O) groups excluding carboxylic acids is 1. The van der Waals surface area contributed by atoms with Crippen molar-refractivity contribution in [3.63, 3.8) is 0 Å². The summed E-state index contributed by atoms with van der Waals surface area (Å²) in [4.78, 5) is 16.6. The maximum absolute atomic E-state index is 12.2. The lowest BCUT2D eigenvalue weighted by atomic mass is 10.2. The smallest absolute Gasteiger partial charge is 0.238 e. The van der Waals surface area contributed by atoms with Gasteiger partial charge in [0, 0.05) is 37.6 Å². The molecular formula is C20H24N4O4S3. The van der Waals surface area contributed by atoms with Crippen LogP contribution in [-0.2, 0) is 14.8 Å². The van der Waals surface area contributed by atoms with E-state index in [-0.39, 0.29) is 16.6 Å². The van der Waals surface area contributed by atoms with E-state index in [0.717, 1.165) is 37.6 Å². The molecule has 166 valence electrons. The minimum Gasteiger partial charge on any atom is -0.497 e. The highest BCUT2D eigenvalue weighted by Crippen LogP contribution is 2.22. The third kappa shape index (κ3) is 6.57. The zero-order valence-corrected chi connectivity index (χ0v) is 19.4. The van der Waals surface area contributed by atoms with Crippen molar-refractivity contribution in [3.05, 3.63) is 48.5 Å². The first-order valence-electron chi connectivity index (χ1n) is 9.49. The van der Waals surface area contributed by atoms with E-state index in [1.807, 2.05) is 24.3 Å². The normalized spacial score (nSPS) is 14.3. The second kappa shape index (κ2) is 10.3. The molecule has 0 atom stereocenters. The van der Waals surface area contributed by atoms with Gasteiger partial charge < -0.3 is 19.9 Å². The van der Waals surface area contributed by atoms with Crippen molar-refractivity contribution in [2.75, 3.05) is 49.3 Å². The summed E-state index contributed by atoms with van der Waals surface area (Å²) in [7, 11) is -2.11. The van der Waals surface area contributed by atoms with Crippen LogP contribution in [0.3, 0.4) is 0 Å². The first kappa shape index (κ1) is 23.3. The highest BCUT2D eigenvalue weighted by Gasteiger charge is 2.20. The second-order valence-corrected chi connectivity index (χ2v) is 10.0. The van der Waals surface area contributed by atoms with Crippen LogP contribution in [0.25, 0.3) is 0 Å². The van der Waals surface area contributed by atoms with Crippen LogP contribution in [-0.4, -0.2) is 62.6 Å². The average Bonchev–Trinajstić information content (AvgIpc) is 2.77. The van der Waals surface area contributed by atoms with Gasteiger partial charge in [-0.1, -0.05) is 24.0 Å². The Kier molecular flexibility index (Phi) is 7.76. The maximum atomic E-state index is 12.2. The van der Waals surface area contributed by atoms with E-state index >= 15 is 0 Å². The summed E-state index contributed by atoms with van der Waals surface area (Å²) in [6.45, 7) is 3.26. The van der Waals surface area contributed by atoms with Crippen molar-refractivity contribution in [1.29, 1.82) is 0 Å². The zero-order valence-electron chi connectivity index (χ0n) is 17.0. The van der Waals surface area contributed by atoms with Gasteiger partial charge in [-0.25, -0.2) is 13.6 Å². The summed E-state index contributed by atoms with van der Waals surface area (Å²) >= 11 is 6.81. The highest BCUT2D eigenvalue weighted by molar-refractivity contribution is 8.23. The predicted octanol–water partition coefficient (Wildman–Crippen LogP) is 2.12. The lowest BCUT2D eigenvalue weighted by molar-refractivity contribution is -0.113. The van der Waals surface area contributed by atoms with E-state index in [4.69, 9.17) is 22.1 Å². The summed E-state index contributed by atoms with van der Waals surface area (Å²) in [5.41, 5.74) is 1.64. The van der Waals surface area contributed by atoms with Crippen molar-refractivity contribution >= 4 is 55.6 Å². The van der Waals surface area contributed by atoms with Gasteiger partial charge in [-0.05, 0) is 48.5 Å². The number of nitrogens with one attached hydrogen (secondary N) is 1. The minimum absolute atomic E-state index is 0.00478. The Balaban J connectivity index is 1.43. The number of hydrogen-bond acceptors (Lipinski definition) is 7. The lowest BCUT2D eigenvalue weighted by Crippen LogP contribution is -2.47. The van der Waals surface area contributed by atoms with Crippen molar-refractivity contribution in [3.8, 4) is 5.75 Å². The molecule has 1 heterocycles. The number of sulfonamides is 1. The summed E-state index contributed by atoms with van der Waals surface area (Å²) in [6, 6.07) is 13.7. The van der Waals surface area contributed by atoms with Crippen LogP contribution >= 0.6 is 24.0 Å². The quantitative estimate of drug-likeness (QED) is 0.606. The van der Waals surface area contributed by atoms with Crippen LogP contribution in [0.5, 0.6) is 5.75 Å². The molecule has 0 aromatic heterocycles. The molecule has 2 aromatic carbocycles. The number of primary sulfonamides is 1. The number of benzene rings is 2. The molecular weight excluding hydrogens is 456 g/mol. The van der Waals surface area contributed by atoms with Gasteiger partial charge in [-0.3, -0.25) is 4.79 Å². The standard InChI is InChI=1S/C20H24N4O4S3/c1-28-17-6-4-16(5-7-17)23-10-12-24(13-11-23)20(29)30-14-19(25)22-15-2-8-18(9-3-15)31(21,26)27/h2-9H,10-14H2,1H3,(H,22,25)(H2,21,26,27). The molecule has 1 aliphatic rings. The van der Waals surface area contributed by atoms with Crippen LogP contribution in [0.1, 0.15) is 0 Å². The molecule has 0 bridgehead atoms. The number of rotatable bonds is 6. The molecule has 3 N–H and O–H groups in total. The summed E-state index contributed by atoms with van der Waals surface area (Å²) in [5.74, 6) is 0.792. The number of methoxy groups -OCH3 is 1. The molecule has 0 saturated carbocycles. The molecule has 1 saturated heterocycles. The number of nitrogens with two attached hydrogens (primary N) is 1. The number of hydrogen-bond donors (Lipinski definition) is 2. The predicted molar refractivity (Wildman–Crippen MR) is 128 cm³/mol. The third-order valence-corrected chi connectivity index (χ3v) is 7.22. The van der Waals surface area contributed by atoms with Crippen LogP contribution in [0.4, 0.5) is 11.4 Å². The van der Waals surface area contributed by atoms with E-state index in [2.05, 4.69) is 15.1 Å². The molecule has 8 nitrogen and oxygen atoms in total. The number of piperazine rings is 1. The number of nitrogens with zero attached hydrogens (tertiary/aromatic N) is 2. The summed E-state index contributed by atoms with van der Waals surface area (Å²) < 4.78 is 28.5. The van der Waals surface area contributed by atoms with Crippen LogP contribution in [0.2, 0.25) is 0 Å². The molecule has 3 rings (SSSR count). The Labute approximate surface area is 191 Å². The van der Waals surface area contributed by atoms with Gasteiger partial charge in [-0.15, -0.1) is 0 Å². The Morgan fingerprint density at radius 1 is 1.10 bits per heavy atom. The van der Waals surface area contributed by atoms with E-state index < -0.39 is 10.0 Å². The number of amides is 1. The van der Waals surface area contributed by atoms with E-state index in [0.29, 0.717) is 10.0 Å². The fraction of sp³-hybridized carbons (Fsp3) is 0.300. The molecule has 1 fully saturated rings. The highest BCUT2D eigenvalue weighted by atomic mass is 32.2. The van der Waals surface area contributed by atoms with Gasteiger partial charge in [0.05, 0.1) is 17.8 Å². The van der Waals surface area contributed by atoms with Crippen molar-refractivity contribution < 1.29 is 17.9 Å². The van der Waals surface area contributed by atoms with Crippen LogP contribution in [0.15, 0.2) is 53.4 Å². The lowest BCUT2D eigenvalue weighted by Gasteiger charge is -2.37. The van der Waals surface area contributed by atoms with Gasteiger partial charge in [0.25, 0.3) is 0 Å². The van der Waals surface area contributed by atoms with Crippen molar-refractivity contribution in [1.82, 2.24) is 4.90 Å². The molecule has 31 heavy (non-hydrogen) atoms. The van der Waals surface area contributed by atoms with Gasteiger partial charge in [0.15, 0.2) is 0 Å². The number of thioether (sulfide) groups is 1. The molecule has 0 unspecified atom stereocenters. The molecule has 1 amide bonds. The minimum atomic E-state index is -3.76. The van der Waals surface area contributed by atoms with Crippen molar-refractivity contribution in [2.45, 2.75) is 4.90 Å².